The van der Waals surface area contributed by atoms with Gasteiger partial charge in [-0.05, 0) is 38.1 Å². The summed E-state index contributed by atoms with van der Waals surface area (Å²) in [6.45, 7) is 2.26. The number of aromatic carboxylic acids is 1. The van der Waals surface area contributed by atoms with Crippen LogP contribution in [0.25, 0.3) is 5.52 Å². The van der Waals surface area contributed by atoms with Crippen LogP contribution in [0.4, 0.5) is 0 Å². The average Bonchev–Trinajstić information content (AvgIpc) is 2.96. The van der Waals surface area contributed by atoms with E-state index in [9.17, 15) is 4.79 Å². The van der Waals surface area contributed by atoms with Crippen molar-refractivity contribution in [1.82, 2.24) is 14.3 Å². The van der Waals surface area contributed by atoms with E-state index in [4.69, 9.17) is 5.11 Å². The number of pyridine rings is 1. The maximum absolute atomic E-state index is 10.9. The van der Waals surface area contributed by atoms with Crippen LogP contribution < -0.4 is 0 Å². The lowest BCUT2D eigenvalue weighted by atomic mass is 10.0. The zero-order valence-electron chi connectivity index (χ0n) is 10.9. The van der Waals surface area contributed by atoms with E-state index in [2.05, 4.69) is 16.9 Å². The number of aromatic nitrogens is 2. The largest absolute Gasteiger partial charge is 0.478 e. The lowest BCUT2D eigenvalue weighted by Gasteiger charge is -2.09. The summed E-state index contributed by atoms with van der Waals surface area (Å²) in [5.41, 5.74) is 1.15. The Morgan fingerprint density at radius 3 is 3.11 bits per heavy atom. The van der Waals surface area contributed by atoms with Gasteiger partial charge in [0.2, 0.25) is 0 Å². The topological polar surface area (TPSA) is 57.8 Å². The number of carbonyl (C=O) groups is 1. The Kier molecular flexibility index (Phi) is 2.98. The summed E-state index contributed by atoms with van der Waals surface area (Å²) in [5, 5.41) is 8.97. The Balaban J connectivity index is 1.86. The summed E-state index contributed by atoms with van der Waals surface area (Å²) in [5.74, 6) is 0.768. The van der Waals surface area contributed by atoms with E-state index in [0.29, 0.717) is 11.5 Å². The molecule has 1 atom stereocenters. The molecule has 0 saturated carbocycles. The highest BCUT2D eigenvalue weighted by atomic mass is 16.4. The van der Waals surface area contributed by atoms with Crippen LogP contribution in [-0.2, 0) is 6.42 Å². The maximum atomic E-state index is 10.9. The molecule has 5 heteroatoms. The summed E-state index contributed by atoms with van der Waals surface area (Å²) in [4.78, 5) is 17.7. The lowest BCUT2D eigenvalue weighted by Crippen LogP contribution is -2.15. The molecule has 2 aromatic rings. The van der Waals surface area contributed by atoms with Crippen LogP contribution in [0.5, 0.6) is 0 Å². The molecule has 1 aliphatic heterocycles. The summed E-state index contributed by atoms with van der Waals surface area (Å²) in [7, 11) is 2.14. The predicted octanol–water partition coefficient (Wildman–Crippen LogP) is 1.53. The molecule has 1 aliphatic rings. The Hall–Kier alpha value is -1.88. The lowest BCUT2D eigenvalue weighted by molar-refractivity contribution is 0.0697. The standard InChI is InChI=1S/C14H17N3O2/c1-16-4-2-10(9-16)6-13-15-8-12-7-11(14(18)19)3-5-17(12)13/h3,5,7-8,10H,2,4,6,9H2,1H3,(H,18,19). The first kappa shape index (κ1) is 12.2. The molecule has 0 radical (unpaired) electrons. The Bertz CT molecular complexity index is 620. The minimum atomic E-state index is -0.900. The first-order valence-corrected chi connectivity index (χ1v) is 6.51. The van der Waals surface area contributed by atoms with Gasteiger partial charge in [-0.15, -0.1) is 0 Å². The molecule has 0 bridgehead atoms. The third-order valence-corrected chi connectivity index (χ3v) is 3.82. The van der Waals surface area contributed by atoms with Crippen LogP contribution in [0, 0.1) is 5.92 Å². The van der Waals surface area contributed by atoms with Crippen LogP contribution in [0.2, 0.25) is 0 Å². The van der Waals surface area contributed by atoms with E-state index in [1.54, 1.807) is 24.5 Å². The Labute approximate surface area is 111 Å². The molecular weight excluding hydrogens is 242 g/mol. The van der Waals surface area contributed by atoms with Gasteiger partial charge in [-0.1, -0.05) is 0 Å². The third-order valence-electron chi connectivity index (χ3n) is 3.82. The average molecular weight is 259 g/mol. The first-order valence-electron chi connectivity index (χ1n) is 6.51. The third kappa shape index (κ3) is 2.33. The van der Waals surface area contributed by atoms with Crippen molar-refractivity contribution in [1.29, 1.82) is 0 Å². The fourth-order valence-corrected chi connectivity index (χ4v) is 2.79. The predicted molar refractivity (Wildman–Crippen MR) is 71.5 cm³/mol. The zero-order valence-corrected chi connectivity index (χ0v) is 10.9. The van der Waals surface area contributed by atoms with E-state index in [-0.39, 0.29) is 0 Å². The molecule has 1 fully saturated rings. The number of carboxylic acid groups (broad SMARTS) is 1. The van der Waals surface area contributed by atoms with Gasteiger partial charge >= 0.3 is 5.97 Å². The fraction of sp³-hybridized carbons (Fsp3) is 0.429. The van der Waals surface area contributed by atoms with E-state index in [0.717, 1.165) is 30.9 Å². The number of rotatable bonds is 3. The summed E-state index contributed by atoms with van der Waals surface area (Å²) in [6.07, 6.45) is 5.71. The van der Waals surface area contributed by atoms with Crippen molar-refractivity contribution >= 4 is 11.5 Å². The van der Waals surface area contributed by atoms with Gasteiger partial charge in [0.1, 0.15) is 5.82 Å². The number of hydrogen-bond donors (Lipinski definition) is 1. The normalized spacial score (nSPS) is 20.2. The number of likely N-dealkylation sites (tertiary alicyclic amines) is 1. The molecule has 0 aliphatic carbocycles. The summed E-state index contributed by atoms with van der Waals surface area (Å²) >= 11 is 0. The summed E-state index contributed by atoms with van der Waals surface area (Å²) < 4.78 is 1.99. The molecule has 1 saturated heterocycles. The van der Waals surface area contributed by atoms with Gasteiger partial charge in [-0.3, -0.25) is 0 Å². The fourth-order valence-electron chi connectivity index (χ4n) is 2.79. The highest BCUT2D eigenvalue weighted by Crippen LogP contribution is 2.20. The van der Waals surface area contributed by atoms with E-state index >= 15 is 0 Å². The highest BCUT2D eigenvalue weighted by molar-refractivity contribution is 5.88. The molecule has 5 nitrogen and oxygen atoms in total. The van der Waals surface area contributed by atoms with Gasteiger partial charge in [0.05, 0.1) is 17.3 Å². The summed E-state index contributed by atoms with van der Waals surface area (Å²) in [6, 6.07) is 3.29. The molecule has 2 aromatic heterocycles. The Morgan fingerprint density at radius 1 is 1.58 bits per heavy atom. The molecule has 19 heavy (non-hydrogen) atoms. The van der Waals surface area contributed by atoms with E-state index < -0.39 is 5.97 Å². The SMILES string of the molecule is CN1CCC(Cc2ncc3cc(C(=O)O)ccn23)C1. The van der Waals surface area contributed by atoms with Crippen molar-refractivity contribution in [2.24, 2.45) is 5.92 Å². The van der Waals surface area contributed by atoms with Crippen LogP contribution in [-0.4, -0.2) is 45.5 Å². The molecule has 0 amide bonds. The van der Waals surface area contributed by atoms with Gasteiger partial charge in [0.25, 0.3) is 0 Å². The minimum Gasteiger partial charge on any atom is -0.478 e. The molecule has 1 N–H and O–H groups in total. The molecule has 100 valence electrons. The van der Waals surface area contributed by atoms with Crippen molar-refractivity contribution in [3.05, 3.63) is 35.9 Å². The number of hydrogen-bond acceptors (Lipinski definition) is 3. The second-order valence-electron chi connectivity index (χ2n) is 5.31. The molecule has 1 unspecified atom stereocenters. The zero-order chi connectivity index (χ0) is 13.4. The maximum Gasteiger partial charge on any atom is 0.335 e. The van der Waals surface area contributed by atoms with Gasteiger partial charge in [-0.2, -0.15) is 0 Å². The van der Waals surface area contributed by atoms with E-state index in [1.807, 2.05) is 4.40 Å². The number of fused-ring (bicyclic) bond motifs is 1. The van der Waals surface area contributed by atoms with Crippen molar-refractivity contribution < 1.29 is 9.90 Å². The van der Waals surface area contributed by atoms with Crippen LogP contribution in [0.15, 0.2) is 24.5 Å². The van der Waals surface area contributed by atoms with Crippen LogP contribution in [0.1, 0.15) is 22.6 Å². The molecule has 0 aromatic carbocycles. The highest BCUT2D eigenvalue weighted by Gasteiger charge is 2.21. The van der Waals surface area contributed by atoms with Crippen LogP contribution >= 0.6 is 0 Å². The number of nitrogens with zero attached hydrogens (tertiary/aromatic N) is 3. The van der Waals surface area contributed by atoms with E-state index in [1.165, 1.54) is 6.42 Å². The molecular formula is C14H17N3O2. The molecule has 0 spiro atoms. The van der Waals surface area contributed by atoms with Gasteiger partial charge in [0.15, 0.2) is 0 Å². The smallest absolute Gasteiger partial charge is 0.335 e. The molecule has 3 heterocycles. The van der Waals surface area contributed by atoms with Gasteiger partial charge < -0.3 is 14.4 Å². The van der Waals surface area contributed by atoms with Crippen molar-refractivity contribution in [2.75, 3.05) is 20.1 Å². The van der Waals surface area contributed by atoms with Crippen molar-refractivity contribution in [3.63, 3.8) is 0 Å². The van der Waals surface area contributed by atoms with Gasteiger partial charge in [0, 0.05) is 19.2 Å². The second kappa shape index (κ2) is 4.66. The van der Waals surface area contributed by atoms with Crippen molar-refractivity contribution in [3.8, 4) is 0 Å². The van der Waals surface area contributed by atoms with Crippen molar-refractivity contribution in [2.45, 2.75) is 12.8 Å². The Morgan fingerprint density at radius 2 is 2.42 bits per heavy atom. The first-order chi connectivity index (χ1) is 9.13. The number of carboxylic acids is 1. The monoisotopic (exact) mass is 259 g/mol. The quantitative estimate of drug-likeness (QED) is 0.908. The number of imidazole rings is 1. The molecule has 3 rings (SSSR count). The minimum absolute atomic E-state index is 0.305. The van der Waals surface area contributed by atoms with Crippen LogP contribution in [0.3, 0.4) is 0 Å². The second-order valence-corrected chi connectivity index (χ2v) is 5.31. The van der Waals surface area contributed by atoms with Gasteiger partial charge in [-0.25, -0.2) is 9.78 Å².